The molecule has 0 aliphatic rings. The van der Waals surface area contributed by atoms with E-state index in [4.69, 9.17) is 11.6 Å². The molecule has 1 aromatic heterocycles. The quantitative estimate of drug-likeness (QED) is 0.843. The van der Waals surface area contributed by atoms with Gasteiger partial charge in [-0.1, -0.05) is 17.7 Å². The van der Waals surface area contributed by atoms with Crippen LogP contribution in [0.4, 0.5) is 15.9 Å². The lowest BCUT2D eigenvalue weighted by atomic mass is 10.2. The first-order valence-corrected chi connectivity index (χ1v) is 6.86. The molecule has 2 rings (SSSR count). The number of amides is 1. The molecule has 110 valence electrons. The summed E-state index contributed by atoms with van der Waals surface area (Å²) in [6.07, 6.45) is 0. The van der Waals surface area contributed by atoms with Crippen molar-refractivity contribution in [1.29, 1.82) is 0 Å². The molecular weight excluding hydrogens is 293 g/mol. The molecule has 0 aliphatic heterocycles. The smallest absolute Gasteiger partial charge is 0.255 e. The Morgan fingerprint density at radius 3 is 2.76 bits per heavy atom. The van der Waals surface area contributed by atoms with E-state index in [1.165, 1.54) is 12.1 Å². The molecule has 1 heterocycles. The van der Waals surface area contributed by atoms with Crippen LogP contribution in [0.15, 0.2) is 30.3 Å². The van der Waals surface area contributed by atoms with E-state index in [0.717, 1.165) is 0 Å². The molecule has 0 aliphatic carbocycles. The van der Waals surface area contributed by atoms with E-state index >= 15 is 0 Å². The van der Waals surface area contributed by atoms with Crippen molar-refractivity contribution in [2.24, 2.45) is 0 Å². The SMILES string of the molecule is CCNc1cc(C(=O)Nc2ccc(C)c(F)c2)cc(Cl)n1. The Balaban J connectivity index is 2.21. The van der Waals surface area contributed by atoms with Crippen LogP contribution in [0.1, 0.15) is 22.8 Å². The maximum absolute atomic E-state index is 13.5. The molecule has 0 unspecified atom stereocenters. The molecule has 21 heavy (non-hydrogen) atoms. The first kappa shape index (κ1) is 15.3. The summed E-state index contributed by atoms with van der Waals surface area (Å²) >= 11 is 5.89. The van der Waals surface area contributed by atoms with Crippen molar-refractivity contribution < 1.29 is 9.18 Å². The number of benzene rings is 1. The number of nitrogens with zero attached hydrogens (tertiary/aromatic N) is 1. The predicted molar refractivity (Wildman–Crippen MR) is 82.5 cm³/mol. The number of anilines is 2. The summed E-state index contributed by atoms with van der Waals surface area (Å²) in [6.45, 7) is 4.24. The van der Waals surface area contributed by atoms with Gasteiger partial charge in [0.2, 0.25) is 0 Å². The van der Waals surface area contributed by atoms with Gasteiger partial charge in [0.15, 0.2) is 0 Å². The number of rotatable bonds is 4. The minimum absolute atomic E-state index is 0.216. The summed E-state index contributed by atoms with van der Waals surface area (Å²) in [6, 6.07) is 7.58. The fourth-order valence-electron chi connectivity index (χ4n) is 1.77. The normalized spacial score (nSPS) is 10.3. The molecule has 0 saturated carbocycles. The van der Waals surface area contributed by atoms with Gasteiger partial charge in [-0.15, -0.1) is 0 Å². The highest BCUT2D eigenvalue weighted by molar-refractivity contribution is 6.30. The molecule has 2 aromatic rings. The third-order valence-electron chi connectivity index (χ3n) is 2.84. The van der Waals surface area contributed by atoms with Crippen molar-refractivity contribution in [3.8, 4) is 0 Å². The number of aromatic nitrogens is 1. The number of nitrogens with one attached hydrogen (secondary N) is 2. The Labute approximate surface area is 127 Å². The lowest BCUT2D eigenvalue weighted by molar-refractivity contribution is 0.102. The number of halogens is 2. The van der Waals surface area contributed by atoms with Crippen LogP contribution in [0.25, 0.3) is 0 Å². The van der Waals surface area contributed by atoms with Crippen molar-refractivity contribution >= 4 is 29.0 Å². The maximum atomic E-state index is 13.5. The van der Waals surface area contributed by atoms with Gasteiger partial charge in [-0.05, 0) is 43.7 Å². The highest BCUT2D eigenvalue weighted by Crippen LogP contribution is 2.18. The molecule has 0 atom stereocenters. The van der Waals surface area contributed by atoms with Crippen molar-refractivity contribution in [3.63, 3.8) is 0 Å². The van der Waals surface area contributed by atoms with Crippen molar-refractivity contribution in [2.75, 3.05) is 17.2 Å². The standard InChI is InChI=1S/C15H15ClFN3O/c1-3-18-14-7-10(6-13(16)20-14)15(21)19-11-5-4-9(2)12(17)8-11/h4-8H,3H2,1-2H3,(H,18,20)(H,19,21). The summed E-state index contributed by atoms with van der Waals surface area (Å²) in [4.78, 5) is 16.2. The van der Waals surface area contributed by atoms with Crippen LogP contribution in [0, 0.1) is 12.7 Å². The maximum Gasteiger partial charge on any atom is 0.255 e. The Morgan fingerprint density at radius 1 is 1.33 bits per heavy atom. The van der Waals surface area contributed by atoms with Crippen molar-refractivity contribution in [2.45, 2.75) is 13.8 Å². The van der Waals surface area contributed by atoms with Crippen LogP contribution in [0.5, 0.6) is 0 Å². The van der Waals surface area contributed by atoms with Crippen molar-refractivity contribution in [1.82, 2.24) is 4.98 Å². The predicted octanol–water partition coefficient (Wildman–Crippen LogP) is 3.87. The third kappa shape index (κ3) is 3.92. The Morgan fingerprint density at radius 2 is 2.10 bits per heavy atom. The average Bonchev–Trinajstić information content (AvgIpc) is 2.42. The number of hydrogen-bond acceptors (Lipinski definition) is 3. The molecule has 1 aromatic carbocycles. The molecule has 0 radical (unpaired) electrons. The zero-order chi connectivity index (χ0) is 15.4. The van der Waals surface area contributed by atoms with E-state index < -0.39 is 0 Å². The molecule has 0 saturated heterocycles. The number of carbonyl (C=O) groups excluding carboxylic acids is 1. The van der Waals surface area contributed by atoms with Gasteiger partial charge in [-0.3, -0.25) is 4.79 Å². The molecule has 0 spiro atoms. The second kappa shape index (κ2) is 6.54. The number of carbonyl (C=O) groups is 1. The number of aryl methyl sites for hydroxylation is 1. The van der Waals surface area contributed by atoms with Gasteiger partial charge in [0.05, 0.1) is 0 Å². The Kier molecular flexibility index (Phi) is 4.75. The molecule has 6 heteroatoms. The second-order valence-electron chi connectivity index (χ2n) is 4.51. The monoisotopic (exact) mass is 307 g/mol. The zero-order valence-corrected chi connectivity index (χ0v) is 12.5. The molecule has 0 fully saturated rings. The topological polar surface area (TPSA) is 54.0 Å². The molecular formula is C15H15ClFN3O. The molecule has 4 nitrogen and oxygen atoms in total. The van der Waals surface area contributed by atoms with Gasteiger partial charge in [-0.25, -0.2) is 9.37 Å². The zero-order valence-electron chi connectivity index (χ0n) is 11.7. The van der Waals surface area contributed by atoms with Crippen LogP contribution in [0.2, 0.25) is 5.15 Å². The molecule has 1 amide bonds. The van der Waals surface area contributed by atoms with E-state index in [0.29, 0.717) is 29.2 Å². The summed E-state index contributed by atoms with van der Waals surface area (Å²) < 4.78 is 13.5. The van der Waals surface area contributed by atoms with Crippen LogP contribution < -0.4 is 10.6 Å². The van der Waals surface area contributed by atoms with Gasteiger partial charge in [-0.2, -0.15) is 0 Å². The lowest BCUT2D eigenvalue weighted by Crippen LogP contribution is -2.13. The number of hydrogen-bond donors (Lipinski definition) is 2. The van der Waals surface area contributed by atoms with Crippen LogP contribution >= 0.6 is 11.6 Å². The summed E-state index contributed by atoms with van der Waals surface area (Å²) in [5.74, 6) is -0.221. The minimum atomic E-state index is -0.373. The Hall–Kier alpha value is -2.14. The highest BCUT2D eigenvalue weighted by atomic mass is 35.5. The highest BCUT2D eigenvalue weighted by Gasteiger charge is 2.10. The van der Waals surface area contributed by atoms with Crippen LogP contribution in [-0.4, -0.2) is 17.4 Å². The summed E-state index contributed by atoms with van der Waals surface area (Å²) in [5.41, 5.74) is 1.27. The molecule has 2 N–H and O–H groups in total. The van der Waals surface area contributed by atoms with Gasteiger partial charge in [0.1, 0.15) is 16.8 Å². The fraction of sp³-hybridized carbons (Fsp3) is 0.200. The largest absolute Gasteiger partial charge is 0.370 e. The van der Waals surface area contributed by atoms with E-state index in [1.54, 1.807) is 25.1 Å². The number of pyridine rings is 1. The first-order valence-electron chi connectivity index (χ1n) is 6.48. The van der Waals surface area contributed by atoms with Crippen LogP contribution in [-0.2, 0) is 0 Å². The van der Waals surface area contributed by atoms with E-state index in [2.05, 4.69) is 15.6 Å². The Bertz CT molecular complexity index is 676. The van der Waals surface area contributed by atoms with Gasteiger partial charge in [0.25, 0.3) is 5.91 Å². The summed E-state index contributed by atoms with van der Waals surface area (Å²) in [5, 5.41) is 5.83. The first-order chi connectivity index (χ1) is 9.99. The van der Waals surface area contributed by atoms with E-state index in [9.17, 15) is 9.18 Å². The van der Waals surface area contributed by atoms with Crippen molar-refractivity contribution in [3.05, 3.63) is 52.4 Å². The van der Waals surface area contributed by atoms with Gasteiger partial charge >= 0.3 is 0 Å². The van der Waals surface area contributed by atoms with Gasteiger partial charge in [0, 0.05) is 17.8 Å². The van der Waals surface area contributed by atoms with E-state index in [-0.39, 0.29) is 16.9 Å². The van der Waals surface area contributed by atoms with Crippen LogP contribution in [0.3, 0.4) is 0 Å². The minimum Gasteiger partial charge on any atom is -0.370 e. The fourth-order valence-corrected chi connectivity index (χ4v) is 1.98. The average molecular weight is 308 g/mol. The lowest BCUT2D eigenvalue weighted by Gasteiger charge is -2.09. The van der Waals surface area contributed by atoms with Gasteiger partial charge < -0.3 is 10.6 Å². The van der Waals surface area contributed by atoms with E-state index in [1.807, 2.05) is 6.92 Å². The third-order valence-corrected chi connectivity index (χ3v) is 3.04. The molecule has 0 bridgehead atoms. The second-order valence-corrected chi connectivity index (χ2v) is 4.90. The summed E-state index contributed by atoms with van der Waals surface area (Å²) in [7, 11) is 0.